The maximum absolute atomic E-state index is 12.5. The number of esters is 2. The first kappa shape index (κ1) is 20.7. The van der Waals surface area contributed by atoms with Gasteiger partial charge in [-0.15, -0.1) is 0 Å². The van der Waals surface area contributed by atoms with Crippen molar-refractivity contribution < 1.29 is 19.1 Å². The van der Waals surface area contributed by atoms with Crippen LogP contribution in [-0.4, -0.2) is 25.2 Å². The highest BCUT2D eigenvalue weighted by molar-refractivity contribution is 6.00. The van der Waals surface area contributed by atoms with Crippen molar-refractivity contribution >= 4 is 11.9 Å². The standard InChI is InChI=1S/C18H32O4/c1-6-9-10-11-13-18(14-12-15(4)5,16(19)21-7-2)17(20)22-8-3/h12H,6-11,13-14H2,1-5H3. The molecular formula is C18H32O4. The van der Waals surface area contributed by atoms with Gasteiger partial charge < -0.3 is 9.47 Å². The van der Waals surface area contributed by atoms with Gasteiger partial charge >= 0.3 is 11.9 Å². The van der Waals surface area contributed by atoms with E-state index in [0.29, 0.717) is 12.8 Å². The summed E-state index contributed by atoms with van der Waals surface area (Å²) in [5.74, 6) is -0.912. The average molecular weight is 312 g/mol. The Bertz CT molecular complexity index is 349. The molecule has 0 amide bonds. The Labute approximate surface area is 135 Å². The minimum Gasteiger partial charge on any atom is -0.465 e. The van der Waals surface area contributed by atoms with Crippen LogP contribution in [0.15, 0.2) is 11.6 Å². The predicted molar refractivity (Wildman–Crippen MR) is 88.5 cm³/mol. The molecule has 0 aliphatic carbocycles. The summed E-state index contributed by atoms with van der Waals surface area (Å²) in [6.45, 7) is 10.1. The van der Waals surface area contributed by atoms with E-state index in [1.54, 1.807) is 13.8 Å². The van der Waals surface area contributed by atoms with Crippen LogP contribution in [-0.2, 0) is 19.1 Å². The van der Waals surface area contributed by atoms with Gasteiger partial charge in [0.1, 0.15) is 0 Å². The minimum atomic E-state index is -1.20. The van der Waals surface area contributed by atoms with Gasteiger partial charge in [0.25, 0.3) is 0 Å². The molecule has 4 nitrogen and oxygen atoms in total. The van der Waals surface area contributed by atoms with E-state index in [-0.39, 0.29) is 13.2 Å². The number of rotatable bonds is 11. The Morgan fingerprint density at radius 1 is 0.909 bits per heavy atom. The minimum absolute atomic E-state index is 0.268. The second-order valence-electron chi connectivity index (χ2n) is 5.82. The van der Waals surface area contributed by atoms with Gasteiger partial charge in [-0.05, 0) is 40.5 Å². The van der Waals surface area contributed by atoms with Crippen LogP contribution in [0, 0.1) is 5.41 Å². The van der Waals surface area contributed by atoms with Crippen LogP contribution in [0.3, 0.4) is 0 Å². The lowest BCUT2D eigenvalue weighted by molar-refractivity contribution is -0.172. The second-order valence-corrected chi connectivity index (χ2v) is 5.82. The number of unbranched alkanes of at least 4 members (excludes halogenated alkanes) is 3. The van der Waals surface area contributed by atoms with Crippen LogP contribution in [0.4, 0.5) is 0 Å². The van der Waals surface area contributed by atoms with Crippen molar-refractivity contribution in [3.8, 4) is 0 Å². The maximum Gasteiger partial charge on any atom is 0.323 e. The molecule has 0 N–H and O–H groups in total. The third-order valence-corrected chi connectivity index (χ3v) is 3.65. The van der Waals surface area contributed by atoms with Crippen molar-refractivity contribution in [3.63, 3.8) is 0 Å². The fraction of sp³-hybridized carbons (Fsp3) is 0.778. The molecule has 0 saturated heterocycles. The number of carbonyl (C=O) groups excluding carboxylic acids is 2. The molecule has 0 atom stereocenters. The van der Waals surface area contributed by atoms with E-state index in [2.05, 4.69) is 6.92 Å². The van der Waals surface area contributed by atoms with E-state index in [4.69, 9.17) is 9.47 Å². The highest BCUT2D eigenvalue weighted by Gasteiger charge is 2.47. The molecule has 0 spiro atoms. The van der Waals surface area contributed by atoms with Gasteiger partial charge in [0.05, 0.1) is 13.2 Å². The molecule has 0 unspecified atom stereocenters. The third kappa shape index (κ3) is 6.63. The summed E-state index contributed by atoms with van der Waals surface area (Å²) in [7, 11) is 0. The molecule has 0 aromatic heterocycles. The van der Waals surface area contributed by atoms with Crippen LogP contribution >= 0.6 is 0 Å². The normalized spacial score (nSPS) is 11.0. The van der Waals surface area contributed by atoms with Crippen molar-refractivity contribution in [2.75, 3.05) is 13.2 Å². The van der Waals surface area contributed by atoms with Crippen molar-refractivity contribution in [2.24, 2.45) is 5.41 Å². The Balaban J connectivity index is 5.33. The van der Waals surface area contributed by atoms with Crippen molar-refractivity contribution in [2.45, 2.75) is 73.1 Å². The Morgan fingerprint density at radius 2 is 1.45 bits per heavy atom. The molecule has 0 fully saturated rings. The molecule has 0 saturated carbocycles. The molecule has 128 valence electrons. The van der Waals surface area contributed by atoms with Crippen LogP contribution in [0.2, 0.25) is 0 Å². The zero-order chi connectivity index (χ0) is 17.0. The van der Waals surface area contributed by atoms with Crippen LogP contribution in [0.5, 0.6) is 0 Å². The number of hydrogen-bond donors (Lipinski definition) is 0. The molecule has 0 aliphatic heterocycles. The van der Waals surface area contributed by atoms with Crippen molar-refractivity contribution in [3.05, 3.63) is 11.6 Å². The molecule has 0 aliphatic rings. The SMILES string of the molecule is CCCCCCC(CC=C(C)C)(C(=O)OCC)C(=O)OCC. The summed E-state index contributed by atoms with van der Waals surface area (Å²) in [5, 5.41) is 0. The average Bonchev–Trinajstić information content (AvgIpc) is 2.47. The van der Waals surface area contributed by atoms with Gasteiger partial charge in [-0.25, -0.2) is 0 Å². The Morgan fingerprint density at radius 3 is 1.86 bits per heavy atom. The van der Waals surface area contributed by atoms with Gasteiger partial charge in [0, 0.05) is 0 Å². The van der Waals surface area contributed by atoms with E-state index in [1.165, 1.54) is 0 Å². The smallest absolute Gasteiger partial charge is 0.323 e. The molecule has 0 aromatic carbocycles. The number of carbonyl (C=O) groups is 2. The van der Waals surface area contributed by atoms with E-state index < -0.39 is 17.4 Å². The van der Waals surface area contributed by atoms with Gasteiger partial charge in [-0.2, -0.15) is 0 Å². The summed E-state index contributed by atoms with van der Waals surface area (Å²) < 4.78 is 10.4. The number of ether oxygens (including phenoxy) is 2. The monoisotopic (exact) mass is 312 g/mol. The lowest BCUT2D eigenvalue weighted by Crippen LogP contribution is -2.42. The maximum atomic E-state index is 12.5. The summed E-state index contributed by atoms with van der Waals surface area (Å²) in [5.41, 5.74) is -0.122. The molecule has 0 heterocycles. The lowest BCUT2D eigenvalue weighted by Gasteiger charge is -2.28. The summed E-state index contributed by atoms with van der Waals surface area (Å²) >= 11 is 0. The van der Waals surface area contributed by atoms with Crippen molar-refractivity contribution in [1.82, 2.24) is 0 Å². The molecule has 0 aromatic rings. The first-order valence-corrected chi connectivity index (χ1v) is 8.42. The molecule has 0 rings (SSSR count). The molecule has 0 radical (unpaired) electrons. The van der Waals surface area contributed by atoms with Crippen LogP contribution in [0.1, 0.15) is 73.1 Å². The highest BCUT2D eigenvalue weighted by atomic mass is 16.6. The molecular weight excluding hydrogens is 280 g/mol. The highest BCUT2D eigenvalue weighted by Crippen LogP contribution is 2.34. The molecule has 4 heteroatoms. The van der Waals surface area contributed by atoms with E-state index in [1.807, 2.05) is 19.9 Å². The summed E-state index contributed by atoms with van der Waals surface area (Å²) in [6, 6.07) is 0. The quantitative estimate of drug-likeness (QED) is 0.245. The summed E-state index contributed by atoms with van der Waals surface area (Å²) in [6.07, 6.45) is 6.79. The van der Waals surface area contributed by atoms with Crippen LogP contribution in [0.25, 0.3) is 0 Å². The topological polar surface area (TPSA) is 52.6 Å². The van der Waals surface area contributed by atoms with Gasteiger partial charge in [-0.3, -0.25) is 9.59 Å². The first-order chi connectivity index (χ1) is 10.4. The van der Waals surface area contributed by atoms with Gasteiger partial charge in [0.2, 0.25) is 0 Å². The third-order valence-electron chi connectivity index (χ3n) is 3.65. The summed E-state index contributed by atoms with van der Waals surface area (Å²) in [4.78, 5) is 25.0. The predicted octanol–water partition coefficient (Wildman–Crippen LogP) is 4.43. The largest absolute Gasteiger partial charge is 0.465 e. The second kappa shape index (κ2) is 11.3. The zero-order valence-corrected chi connectivity index (χ0v) is 14.9. The Kier molecular flexibility index (Phi) is 10.6. The van der Waals surface area contributed by atoms with Crippen LogP contribution < -0.4 is 0 Å². The fourth-order valence-corrected chi connectivity index (χ4v) is 2.33. The van der Waals surface area contributed by atoms with E-state index in [0.717, 1.165) is 31.3 Å². The van der Waals surface area contributed by atoms with Gasteiger partial charge in [-0.1, -0.05) is 44.3 Å². The molecule has 0 bridgehead atoms. The zero-order valence-electron chi connectivity index (χ0n) is 14.9. The van der Waals surface area contributed by atoms with Gasteiger partial charge in [0.15, 0.2) is 5.41 Å². The number of allylic oxidation sites excluding steroid dienone is 2. The lowest BCUT2D eigenvalue weighted by atomic mass is 9.78. The number of hydrogen-bond acceptors (Lipinski definition) is 4. The van der Waals surface area contributed by atoms with Crippen molar-refractivity contribution in [1.29, 1.82) is 0 Å². The fourth-order valence-electron chi connectivity index (χ4n) is 2.33. The Hall–Kier alpha value is -1.32. The van der Waals surface area contributed by atoms with E-state index in [9.17, 15) is 9.59 Å². The first-order valence-electron chi connectivity index (χ1n) is 8.42. The van der Waals surface area contributed by atoms with E-state index >= 15 is 0 Å². The molecule has 22 heavy (non-hydrogen) atoms.